The third-order valence-electron chi connectivity index (χ3n) is 5.51. The molecule has 1 saturated heterocycles. The van der Waals surface area contributed by atoms with Gasteiger partial charge in [0.1, 0.15) is 0 Å². The first kappa shape index (κ1) is 15.0. The van der Waals surface area contributed by atoms with Gasteiger partial charge in [-0.15, -0.1) is 0 Å². The number of carbonyl (C=O) groups is 1. The molecule has 0 bridgehead atoms. The Balaban J connectivity index is 1.77. The lowest BCUT2D eigenvalue weighted by Gasteiger charge is -2.46. The Morgan fingerprint density at radius 1 is 1.24 bits per heavy atom. The van der Waals surface area contributed by atoms with Crippen LogP contribution in [0.15, 0.2) is 23.8 Å². The first-order chi connectivity index (χ1) is 9.99. The third kappa shape index (κ3) is 2.86. The Labute approximate surface area is 127 Å². The van der Waals surface area contributed by atoms with E-state index in [0.717, 1.165) is 19.3 Å². The van der Waals surface area contributed by atoms with Gasteiger partial charge in [0.25, 0.3) is 0 Å². The lowest BCUT2D eigenvalue weighted by atomic mass is 9.58. The molecule has 0 aromatic rings. The summed E-state index contributed by atoms with van der Waals surface area (Å²) >= 11 is 0. The molecule has 3 heteroatoms. The summed E-state index contributed by atoms with van der Waals surface area (Å²) in [6.45, 7) is 8.08. The van der Waals surface area contributed by atoms with Crippen LogP contribution in [0.25, 0.3) is 0 Å². The SMILES string of the molecule is CC1=CC[C@@H]2[C@H](C(=O)C=CC2(C)C)[C@H]1CCC1OCCO1. The van der Waals surface area contributed by atoms with Gasteiger partial charge in [0.15, 0.2) is 12.1 Å². The summed E-state index contributed by atoms with van der Waals surface area (Å²) in [4.78, 5) is 12.5. The average molecular weight is 290 g/mol. The Morgan fingerprint density at radius 3 is 2.67 bits per heavy atom. The molecule has 116 valence electrons. The number of ether oxygens (including phenoxy) is 2. The summed E-state index contributed by atoms with van der Waals surface area (Å²) in [5.41, 5.74) is 1.47. The zero-order valence-electron chi connectivity index (χ0n) is 13.3. The fourth-order valence-corrected chi connectivity index (χ4v) is 4.17. The molecule has 0 aromatic carbocycles. The number of fused-ring (bicyclic) bond motifs is 1. The number of rotatable bonds is 3. The Kier molecular flexibility index (Phi) is 4.06. The van der Waals surface area contributed by atoms with Crippen molar-refractivity contribution in [3.63, 3.8) is 0 Å². The zero-order valence-corrected chi connectivity index (χ0v) is 13.3. The second kappa shape index (κ2) is 5.69. The van der Waals surface area contributed by atoms with Crippen LogP contribution in [0.1, 0.15) is 40.0 Å². The number of carbonyl (C=O) groups excluding carboxylic acids is 1. The lowest BCUT2D eigenvalue weighted by molar-refractivity contribution is -0.124. The highest BCUT2D eigenvalue weighted by Gasteiger charge is 2.45. The minimum atomic E-state index is -0.0691. The molecule has 21 heavy (non-hydrogen) atoms. The van der Waals surface area contributed by atoms with Crippen LogP contribution in [-0.2, 0) is 14.3 Å². The number of hydrogen-bond donors (Lipinski definition) is 0. The number of hydrogen-bond acceptors (Lipinski definition) is 3. The van der Waals surface area contributed by atoms with Crippen LogP contribution >= 0.6 is 0 Å². The van der Waals surface area contributed by atoms with E-state index in [1.807, 2.05) is 6.08 Å². The minimum absolute atomic E-state index is 0.0691. The monoisotopic (exact) mass is 290 g/mol. The maximum Gasteiger partial charge on any atom is 0.159 e. The fourth-order valence-electron chi connectivity index (χ4n) is 4.17. The molecule has 0 radical (unpaired) electrons. The van der Waals surface area contributed by atoms with Crippen LogP contribution < -0.4 is 0 Å². The quantitative estimate of drug-likeness (QED) is 0.746. The highest BCUT2D eigenvalue weighted by atomic mass is 16.7. The molecular formula is C18H26O3. The molecule has 2 aliphatic carbocycles. The lowest BCUT2D eigenvalue weighted by Crippen LogP contribution is -2.43. The van der Waals surface area contributed by atoms with Crippen molar-refractivity contribution in [2.45, 2.75) is 46.3 Å². The van der Waals surface area contributed by atoms with Crippen LogP contribution in [-0.4, -0.2) is 25.3 Å². The Morgan fingerprint density at radius 2 is 1.95 bits per heavy atom. The second-order valence-corrected chi connectivity index (χ2v) is 7.23. The highest BCUT2D eigenvalue weighted by Crippen LogP contribution is 2.49. The summed E-state index contributed by atoms with van der Waals surface area (Å²) in [6, 6.07) is 0. The van der Waals surface area contributed by atoms with Crippen molar-refractivity contribution in [2.24, 2.45) is 23.2 Å². The zero-order chi connectivity index (χ0) is 15.0. The van der Waals surface area contributed by atoms with Crippen molar-refractivity contribution in [2.75, 3.05) is 13.2 Å². The molecule has 1 heterocycles. The Hall–Kier alpha value is -0.930. The van der Waals surface area contributed by atoms with E-state index in [1.54, 1.807) is 0 Å². The van der Waals surface area contributed by atoms with Crippen molar-refractivity contribution >= 4 is 5.78 Å². The molecular weight excluding hydrogens is 264 g/mol. The van der Waals surface area contributed by atoms with Crippen LogP contribution in [0.5, 0.6) is 0 Å². The van der Waals surface area contributed by atoms with Gasteiger partial charge in [-0.25, -0.2) is 0 Å². The molecule has 3 rings (SSSR count). The topological polar surface area (TPSA) is 35.5 Å². The maximum atomic E-state index is 12.5. The largest absolute Gasteiger partial charge is 0.350 e. The van der Waals surface area contributed by atoms with Gasteiger partial charge in [-0.2, -0.15) is 0 Å². The van der Waals surface area contributed by atoms with E-state index >= 15 is 0 Å². The maximum absolute atomic E-state index is 12.5. The standard InChI is InChI=1S/C18H26O3/c1-12-4-6-14-17(15(19)8-9-18(14,2)3)13(12)5-7-16-20-10-11-21-16/h4,8-9,13-14,16-17H,5-7,10-11H2,1-3H3/t13-,14+,17+/m0/s1. The number of allylic oxidation sites excluding steroid dienone is 4. The van der Waals surface area contributed by atoms with Gasteiger partial charge in [0, 0.05) is 5.92 Å². The summed E-state index contributed by atoms with van der Waals surface area (Å²) in [6.07, 6.45) is 9.07. The predicted octanol–water partition coefficient (Wildman–Crippen LogP) is 3.50. The van der Waals surface area contributed by atoms with Crippen molar-refractivity contribution in [3.8, 4) is 0 Å². The van der Waals surface area contributed by atoms with Crippen LogP contribution in [0.4, 0.5) is 0 Å². The van der Waals surface area contributed by atoms with Crippen molar-refractivity contribution in [3.05, 3.63) is 23.8 Å². The average Bonchev–Trinajstić information content (AvgIpc) is 2.95. The van der Waals surface area contributed by atoms with E-state index in [2.05, 4.69) is 32.9 Å². The third-order valence-corrected chi connectivity index (χ3v) is 5.51. The van der Waals surface area contributed by atoms with Crippen LogP contribution in [0.3, 0.4) is 0 Å². The summed E-state index contributed by atoms with van der Waals surface area (Å²) in [5, 5.41) is 0. The van der Waals surface area contributed by atoms with Crippen LogP contribution in [0, 0.1) is 23.2 Å². The normalized spacial score (nSPS) is 35.7. The van der Waals surface area contributed by atoms with Gasteiger partial charge in [0.05, 0.1) is 13.2 Å². The smallest absolute Gasteiger partial charge is 0.159 e. The van der Waals surface area contributed by atoms with E-state index < -0.39 is 0 Å². The van der Waals surface area contributed by atoms with E-state index in [0.29, 0.717) is 30.8 Å². The molecule has 3 atom stereocenters. The van der Waals surface area contributed by atoms with E-state index in [-0.39, 0.29) is 17.6 Å². The van der Waals surface area contributed by atoms with Gasteiger partial charge < -0.3 is 9.47 Å². The molecule has 1 aliphatic heterocycles. The molecule has 1 fully saturated rings. The molecule has 3 aliphatic rings. The van der Waals surface area contributed by atoms with Gasteiger partial charge in [-0.1, -0.05) is 31.6 Å². The molecule has 0 N–H and O–H groups in total. The van der Waals surface area contributed by atoms with Crippen molar-refractivity contribution in [1.82, 2.24) is 0 Å². The summed E-state index contributed by atoms with van der Waals surface area (Å²) < 4.78 is 11.1. The first-order valence-electron chi connectivity index (χ1n) is 8.12. The van der Waals surface area contributed by atoms with Crippen molar-refractivity contribution < 1.29 is 14.3 Å². The first-order valence-corrected chi connectivity index (χ1v) is 8.12. The van der Waals surface area contributed by atoms with E-state index in [4.69, 9.17) is 9.47 Å². The molecule has 0 amide bonds. The van der Waals surface area contributed by atoms with E-state index in [9.17, 15) is 4.79 Å². The Bertz CT molecular complexity index is 469. The summed E-state index contributed by atoms with van der Waals surface area (Å²) in [7, 11) is 0. The molecule has 0 saturated carbocycles. The highest BCUT2D eigenvalue weighted by molar-refractivity contribution is 5.93. The van der Waals surface area contributed by atoms with Gasteiger partial charge >= 0.3 is 0 Å². The van der Waals surface area contributed by atoms with E-state index in [1.165, 1.54) is 5.57 Å². The fraction of sp³-hybridized carbons (Fsp3) is 0.722. The molecule has 0 spiro atoms. The van der Waals surface area contributed by atoms with Gasteiger partial charge in [0.2, 0.25) is 0 Å². The van der Waals surface area contributed by atoms with Gasteiger partial charge in [-0.3, -0.25) is 4.79 Å². The predicted molar refractivity (Wildman–Crippen MR) is 81.7 cm³/mol. The minimum Gasteiger partial charge on any atom is -0.350 e. The molecule has 3 nitrogen and oxygen atoms in total. The summed E-state index contributed by atoms with van der Waals surface area (Å²) in [5.74, 6) is 1.21. The van der Waals surface area contributed by atoms with Crippen molar-refractivity contribution in [1.29, 1.82) is 0 Å². The van der Waals surface area contributed by atoms with Crippen LogP contribution in [0.2, 0.25) is 0 Å². The molecule has 0 aromatic heterocycles. The van der Waals surface area contributed by atoms with Gasteiger partial charge in [-0.05, 0) is 49.5 Å². The molecule has 0 unspecified atom stereocenters. The number of ketones is 1. The second-order valence-electron chi connectivity index (χ2n) is 7.23.